The molecule has 0 bridgehead atoms. The number of aromatic nitrogens is 3. The van der Waals surface area contributed by atoms with E-state index in [1.165, 1.54) is 0 Å². The number of hydrogen-bond donors (Lipinski definition) is 0. The maximum atomic E-state index is 12.8. The van der Waals surface area contributed by atoms with Crippen LogP contribution in [-0.4, -0.2) is 41.1 Å². The minimum Gasteiger partial charge on any atom is -0.354 e. The van der Waals surface area contributed by atoms with Gasteiger partial charge in [-0.2, -0.15) is 13.2 Å². The molecular weight excluding hydrogens is 391 g/mol. The van der Waals surface area contributed by atoms with E-state index in [0.717, 1.165) is 42.1 Å². The van der Waals surface area contributed by atoms with Gasteiger partial charge in [-0.05, 0) is 24.6 Å². The summed E-state index contributed by atoms with van der Waals surface area (Å²) in [5, 5.41) is 0.00812. The van der Waals surface area contributed by atoms with Crippen molar-refractivity contribution in [2.75, 3.05) is 36.0 Å². The first-order valence-corrected chi connectivity index (χ1v) is 9.24. The molecule has 2 aromatic heterocycles. The van der Waals surface area contributed by atoms with E-state index < -0.39 is 11.7 Å². The van der Waals surface area contributed by atoms with Crippen LogP contribution in [0.15, 0.2) is 42.7 Å². The molecule has 1 aliphatic rings. The Bertz CT molecular complexity index is 995. The Morgan fingerprint density at radius 3 is 2.36 bits per heavy atom. The molecule has 0 radical (unpaired) electrons. The van der Waals surface area contributed by atoms with Gasteiger partial charge in [-0.3, -0.25) is 4.98 Å². The molecule has 5 nitrogen and oxygen atoms in total. The van der Waals surface area contributed by atoms with E-state index in [2.05, 4.69) is 19.9 Å². The minimum absolute atomic E-state index is 0.00812. The highest BCUT2D eigenvalue weighted by molar-refractivity contribution is 6.33. The number of anilines is 2. The van der Waals surface area contributed by atoms with Crippen LogP contribution in [0.3, 0.4) is 0 Å². The lowest BCUT2D eigenvalue weighted by molar-refractivity contribution is -0.137. The highest BCUT2D eigenvalue weighted by Crippen LogP contribution is 2.33. The van der Waals surface area contributed by atoms with Crippen molar-refractivity contribution in [2.45, 2.75) is 12.6 Å². The lowest BCUT2D eigenvalue weighted by Gasteiger charge is -2.24. The van der Waals surface area contributed by atoms with Crippen molar-refractivity contribution >= 4 is 34.3 Å². The van der Waals surface area contributed by atoms with Gasteiger partial charge in [-0.15, -0.1) is 0 Å². The van der Waals surface area contributed by atoms with Crippen LogP contribution >= 0.6 is 11.6 Å². The lowest BCUT2D eigenvalue weighted by Crippen LogP contribution is -2.31. The van der Waals surface area contributed by atoms with Crippen LogP contribution in [0.5, 0.6) is 0 Å². The normalized spacial score (nSPS) is 15.7. The van der Waals surface area contributed by atoms with Gasteiger partial charge in [0.1, 0.15) is 11.6 Å². The summed E-state index contributed by atoms with van der Waals surface area (Å²) < 4.78 is 38.5. The van der Waals surface area contributed by atoms with E-state index in [1.807, 2.05) is 29.2 Å². The minimum atomic E-state index is -4.46. The van der Waals surface area contributed by atoms with Crippen molar-refractivity contribution in [3.05, 3.63) is 53.3 Å². The van der Waals surface area contributed by atoms with E-state index >= 15 is 0 Å². The molecule has 1 fully saturated rings. The number of pyridine rings is 1. The Hall–Kier alpha value is -2.61. The maximum Gasteiger partial charge on any atom is 0.417 e. The molecule has 1 aliphatic heterocycles. The molecule has 1 saturated heterocycles. The van der Waals surface area contributed by atoms with Crippen LogP contribution < -0.4 is 9.80 Å². The summed E-state index contributed by atoms with van der Waals surface area (Å²) >= 11 is 6.10. The second kappa shape index (κ2) is 7.43. The third-order valence-electron chi connectivity index (χ3n) is 4.70. The number of benzene rings is 1. The van der Waals surface area contributed by atoms with Gasteiger partial charge in [0.05, 0.1) is 27.8 Å². The van der Waals surface area contributed by atoms with E-state index in [1.54, 1.807) is 6.20 Å². The van der Waals surface area contributed by atoms with Gasteiger partial charge >= 0.3 is 6.18 Å². The standard InChI is InChI=1S/C19H17ClF3N5/c20-14-10-13(19(21,22)23)11-25-18(14)28-7-3-6-27(8-9-28)17-12-24-15-4-1-2-5-16(15)26-17/h1-2,4-5,10-12H,3,6-9H2. The monoisotopic (exact) mass is 407 g/mol. The fourth-order valence-corrected chi connectivity index (χ4v) is 3.56. The van der Waals surface area contributed by atoms with E-state index in [4.69, 9.17) is 11.6 Å². The molecule has 0 spiro atoms. The third kappa shape index (κ3) is 3.82. The fraction of sp³-hybridized carbons (Fsp3) is 0.316. The topological polar surface area (TPSA) is 45.2 Å². The largest absolute Gasteiger partial charge is 0.417 e. The average molecular weight is 408 g/mol. The zero-order valence-corrected chi connectivity index (χ0v) is 15.6. The zero-order valence-electron chi connectivity index (χ0n) is 14.8. The van der Waals surface area contributed by atoms with Gasteiger partial charge in [0.2, 0.25) is 0 Å². The number of halogens is 4. The van der Waals surface area contributed by atoms with E-state index in [9.17, 15) is 13.2 Å². The van der Waals surface area contributed by atoms with Gasteiger partial charge in [-0.25, -0.2) is 9.97 Å². The molecule has 0 aliphatic carbocycles. The first-order chi connectivity index (χ1) is 13.4. The fourth-order valence-electron chi connectivity index (χ4n) is 3.28. The number of hydrogen-bond acceptors (Lipinski definition) is 5. The van der Waals surface area contributed by atoms with Crippen molar-refractivity contribution in [1.82, 2.24) is 15.0 Å². The molecule has 0 atom stereocenters. The van der Waals surface area contributed by atoms with Crippen molar-refractivity contribution in [1.29, 1.82) is 0 Å². The molecular formula is C19H17ClF3N5. The Kier molecular flexibility index (Phi) is 4.97. The molecule has 0 unspecified atom stereocenters. The molecule has 0 saturated carbocycles. The smallest absolute Gasteiger partial charge is 0.354 e. The number of para-hydroxylation sites is 2. The lowest BCUT2D eigenvalue weighted by atomic mass is 10.2. The second-order valence-electron chi connectivity index (χ2n) is 6.57. The molecule has 1 aromatic carbocycles. The Labute approximate surface area is 164 Å². The zero-order chi connectivity index (χ0) is 19.7. The highest BCUT2D eigenvalue weighted by Gasteiger charge is 2.32. The van der Waals surface area contributed by atoms with E-state index in [0.29, 0.717) is 25.5 Å². The predicted octanol–water partition coefficient (Wildman–Crippen LogP) is 4.41. The average Bonchev–Trinajstić information content (AvgIpc) is 2.93. The Morgan fingerprint density at radius 2 is 1.61 bits per heavy atom. The number of alkyl halides is 3. The summed E-state index contributed by atoms with van der Waals surface area (Å²) in [5.74, 6) is 1.16. The Balaban J connectivity index is 1.52. The summed E-state index contributed by atoms with van der Waals surface area (Å²) in [6, 6.07) is 8.60. The van der Waals surface area contributed by atoms with Gasteiger partial charge in [0, 0.05) is 32.4 Å². The highest BCUT2D eigenvalue weighted by atomic mass is 35.5. The van der Waals surface area contributed by atoms with Crippen LogP contribution in [0.4, 0.5) is 24.8 Å². The van der Waals surface area contributed by atoms with Crippen LogP contribution in [0.2, 0.25) is 5.02 Å². The maximum absolute atomic E-state index is 12.8. The predicted molar refractivity (Wildman–Crippen MR) is 103 cm³/mol. The van der Waals surface area contributed by atoms with Crippen molar-refractivity contribution in [2.24, 2.45) is 0 Å². The quantitative estimate of drug-likeness (QED) is 0.629. The summed E-state index contributed by atoms with van der Waals surface area (Å²) in [7, 11) is 0. The molecule has 3 aromatic rings. The van der Waals surface area contributed by atoms with Crippen LogP contribution in [-0.2, 0) is 6.18 Å². The van der Waals surface area contributed by atoms with Crippen LogP contribution in [0.25, 0.3) is 11.0 Å². The van der Waals surface area contributed by atoms with Crippen molar-refractivity contribution in [3.63, 3.8) is 0 Å². The third-order valence-corrected chi connectivity index (χ3v) is 4.98. The SMILES string of the molecule is FC(F)(F)c1cnc(N2CCCN(c3cnc4ccccc4n3)CC2)c(Cl)c1. The van der Waals surface area contributed by atoms with Crippen molar-refractivity contribution < 1.29 is 13.2 Å². The molecule has 4 rings (SSSR count). The summed E-state index contributed by atoms with van der Waals surface area (Å²) in [6.07, 6.45) is -1.08. The van der Waals surface area contributed by atoms with Gasteiger partial charge in [0.15, 0.2) is 0 Å². The Morgan fingerprint density at radius 1 is 0.893 bits per heavy atom. The molecule has 0 N–H and O–H groups in total. The molecule has 28 heavy (non-hydrogen) atoms. The van der Waals surface area contributed by atoms with Gasteiger partial charge in [-0.1, -0.05) is 23.7 Å². The summed E-state index contributed by atoms with van der Waals surface area (Å²) in [4.78, 5) is 17.1. The van der Waals surface area contributed by atoms with Gasteiger partial charge < -0.3 is 9.80 Å². The summed E-state index contributed by atoms with van der Waals surface area (Å²) in [5.41, 5.74) is 0.820. The van der Waals surface area contributed by atoms with Crippen LogP contribution in [0.1, 0.15) is 12.0 Å². The molecule has 0 amide bonds. The van der Waals surface area contributed by atoms with E-state index in [-0.39, 0.29) is 5.02 Å². The van der Waals surface area contributed by atoms with Crippen molar-refractivity contribution in [3.8, 4) is 0 Å². The molecule has 9 heteroatoms. The second-order valence-corrected chi connectivity index (χ2v) is 6.98. The van der Waals surface area contributed by atoms with Gasteiger partial charge in [0.25, 0.3) is 0 Å². The number of fused-ring (bicyclic) bond motifs is 1. The summed E-state index contributed by atoms with van der Waals surface area (Å²) in [6.45, 7) is 2.63. The first-order valence-electron chi connectivity index (χ1n) is 8.86. The number of rotatable bonds is 2. The molecule has 3 heterocycles. The first kappa shape index (κ1) is 18.7. The van der Waals surface area contributed by atoms with Crippen LogP contribution in [0, 0.1) is 0 Å². The number of nitrogens with zero attached hydrogens (tertiary/aromatic N) is 5. The molecule has 146 valence electrons.